The van der Waals surface area contributed by atoms with Crippen molar-refractivity contribution in [1.29, 1.82) is 0 Å². The Bertz CT molecular complexity index is 433. The number of halogens is 2. The van der Waals surface area contributed by atoms with Crippen LogP contribution in [0.4, 0.5) is 0 Å². The van der Waals surface area contributed by atoms with Gasteiger partial charge < -0.3 is 0 Å². The summed E-state index contributed by atoms with van der Waals surface area (Å²) >= 11 is 11.3. The van der Waals surface area contributed by atoms with Gasteiger partial charge in [0, 0.05) is 12.1 Å². The van der Waals surface area contributed by atoms with Crippen LogP contribution in [0, 0.1) is 5.92 Å². The van der Waals surface area contributed by atoms with Crippen molar-refractivity contribution in [2.75, 3.05) is 11.6 Å². The summed E-state index contributed by atoms with van der Waals surface area (Å²) in [6, 6.07) is 3.10. The maximum atomic E-state index is 11.8. The highest BCUT2D eigenvalue weighted by molar-refractivity contribution is 7.91. The maximum absolute atomic E-state index is 11.8. The van der Waals surface area contributed by atoms with E-state index in [2.05, 4.69) is 4.98 Å². The quantitative estimate of drug-likeness (QED) is 0.788. The summed E-state index contributed by atoms with van der Waals surface area (Å²) in [5.41, 5.74) is 0. The molecule has 0 saturated carbocycles. The Morgan fingerprint density at radius 2 is 2.20 bits per heavy atom. The van der Waals surface area contributed by atoms with E-state index in [1.165, 1.54) is 12.3 Å². The molecule has 0 saturated heterocycles. The van der Waals surface area contributed by atoms with Crippen molar-refractivity contribution in [2.45, 2.75) is 11.9 Å². The van der Waals surface area contributed by atoms with Crippen molar-refractivity contribution >= 4 is 33.0 Å². The van der Waals surface area contributed by atoms with E-state index in [0.717, 1.165) is 0 Å². The van der Waals surface area contributed by atoms with Gasteiger partial charge >= 0.3 is 0 Å². The standard InChI is InChI=1S/C9H11Cl2NO2S/c1-7(5-10)6-15(13,14)9-8(11)3-2-4-12-9/h2-4,7H,5-6H2,1H3. The average Bonchev–Trinajstić information content (AvgIpc) is 2.17. The van der Waals surface area contributed by atoms with E-state index in [4.69, 9.17) is 23.2 Å². The second-order valence-electron chi connectivity index (χ2n) is 3.33. The van der Waals surface area contributed by atoms with E-state index in [1.807, 2.05) is 0 Å². The molecular weight excluding hydrogens is 257 g/mol. The Morgan fingerprint density at radius 3 is 2.73 bits per heavy atom. The normalized spacial score (nSPS) is 13.8. The van der Waals surface area contributed by atoms with E-state index < -0.39 is 9.84 Å². The van der Waals surface area contributed by atoms with Crippen molar-refractivity contribution in [1.82, 2.24) is 4.98 Å². The monoisotopic (exact) mass is 267 g/mol. The molecule has 3 nitrogen and oxygen atoms in total. The van der Waals surface area contributed by atoms with Crippen molar-refractivity contribution in [2.24, 2.45) is 5.92 Å². The Labute approximate surface area is 99.3 Å². The molecule has 0 radical (unpaired) electrons. The fourth-order valence-electron chi connectivity index (χ4n) is 1.10. The smallest absolute Gasteiger partial charge is 0.197 e. The van der Waals surface area contributed by atoms with Crippen molar-refractivity contribution in [3.8, 4) is 0 Å². The third-order valence-electron chi connectivity index (χ3n) is 1.79. The second-order valence-corrected chi connectivity index (χ2v) is 6.00. The summed E-state index contributed by atoms with van der Waals surface area (Å²) in [5, 5.41) is 0.0860. The van der Waals surface area contributed by atoms with Gasteiger partial charge in [0.2, 0.25) is 0 Å². The topological polar surface area (TPSA) is 47.0 Å². The van der Waals surface area contributed by atoms with Gasteiger partial charge in [-0.05, 0) is 18.1 Å². The first-order valence-corrected chi connectivity index (χ1v) is 6.93. The molecule has 1 heterocycles. The maximum Gasteiger partial charge on any atom is 0.197 e. The summed E-state index contributed by atoms with van der Waals surface area (Å²) < 4.78 is 23.6. The second kappa shape index (κ2) is 5.14. The summed E-state index contributed by atoms with van der Waals surface area (Å²) in [6.45, 7) is 1.77. The lowest BCUT2D eigenvalue weighted by Gasteiger charge is -2.08. The molecule has 0 amide bonds. The molecule has 0 spiro atoms. The van der Waals surface area contributed by atoms with Gasteiger partial charge in [0.05, 0.1) is 10.8 Å². The van der Waals surface area contributed by atoms with Crippen LogP contribution >= 0.6 is 23.2 Å². The van der Waals surface area contributed by atoms with Crippen LogP contribution in [0.1, 0.15) is 6.92 Å². The highest BCUT2D eigenvalue weighted by Crippen LogP contribution is 2.20. The highest BCUT2D eigenvalue weighted by Gasteiger charge is 2.21. The third-order valence-corrected chi connectivity index (χ3v) is 4.65. The molecule has 0 aromatic carbocycles. The van der Waals surface area contributed by atoms with Crippen LogP contribution in [-0.4, -0.2) is 25.0 Å². The number of alkyl halides is 1. The fraction of sp³-hybridized carbons (Fsp3) is 0.444. The van der Waals surface area contributed by atoms with E-state index in [9.17, 15) is 8.42 Å². The summed E-state index contributed by atoms with van der Waals surface area (Å²) in [4.78, 5) is 3.77. The van der Waals surface area contributed by atoms with Crippen LogP contribution in [0.25, 0.3) is 0 Å². The number of nitrogens with zero attached hydrogens (tertiary/aromatic N) is 1. The molecule has 0 N–H and O–H groups in total. The van der Waals surface area contributed by atoms with Crippen LogP contribution < -0.4 is 0 Å². The highest BCUT2D eigenvalue weighted by atomic mass is 35.5. The molecular formula is C9H11Cl2NO2S. The SMILES string of the molecule is CC(CCl)CS(=O)(=O)c1ncccc1Cl. The fourth-order valence-corrected chi connectivity index (χ4v) is 3.42. The molecule has 84 valence electrons. The van der Waals surface area contributed by atoms with Crippen LogP contribution in [0.15, 0.2) is 23.4 Å². The summed E-state index contributed by atoms with van der Waals surface area (Å²) in [6.07, 6.45) is 1.41. The average molecular weight is 268 g/mol. The van der Waals surface area contributed by atoms with Gasteiger partial charge in [-0.15, -0.1) is 11.6 Å². The zero-order chi connectivity index (χ0) is 11.5. The summed E-state index contributed by atoms with van der Waals surface area (Å²) in [7, 11) is -3.43. The molecule has 0 aliphatic carbocycles. The first-order valence-electron chi connectivity index (χ1n) is 4.36. The Morgan fingerprint density at radius 1 is 1.53 bits per heavy atom. The number of pyridine rings is 1. The van der Waals surface area contributed by atoms with Gasteiger partial charge in [-0.25, -0.2) is 13.4 Å². The zero-order valence-electron chi connectivity index (χ0n) is 8.15. The molecule has 0 aliphatic heterocycles. The van der Waals surface area contributed by atoms with Crippen LogP contribution in [0.2, 0.25) is 5.02 Å². The van der Waals surface area contributed by atoms with E-state index in [-0.39, 0.29) is 21.7 Å². The van der Waals surface area contributed by atoms with Gasteiger partial charge in [0.25, 0.3) is 0 Å². The van der Waals surface area contributed by atoms with Crippen molar-refractivity contribution in [3.05, 3.63) is 23.4 Å². The van der Waals surface area contributed by atoms with Gasteiger partial charge in [-0.3, -0.25) is 0 Å². The molecule has 15 heavy (non-hydrogen) atoms. The lowest BCUT2D eigenvalue weighted by molar-refractivity contribution is 0.579. The lowest BCUT2D eigenvalue weighted by atomic mass is 10.3. The predicted molar refractivity (Wildman–Crippen MR) is 61.2 cm³/mol. The van der Waals surface area contributed by atoms with Gasteiger partial charge in [-0.1, -0.05) is 18.5 Å². The number of aromatic nitrogens is 1. The molecule has 0 bridgehead atoms. The molecule has 1 unspecified atom stereocenters. The predicted octanol–water partition coefficient (Wildman–Crippen LogP) is 2.38. The Kier molecular flexibility index (Phi) is 4.37. The first kappa shape index (κ1) is 12.7. The molecule has 0 aliphatic rings. The Hall–Kier alpha value is -0.320. The summed E-state index contributed by atoms with van der Waals surface area (Å²) in [5.74, 6) is 0.145. The minimum Gasteiger partial charge on any atom is -0.243 e. The number of hydrogen-bond donors (Lipinski definition) is 0. The largest absolute Gasteiger partial charge is 0.243 e. The van der Waals surface area contributed by atoms with E-state index >= 15 is 0 Å². The minimum absolute atomic E-state index is 0.0345. The molecule has 1 aromatic rings. The van der Waals surface area contributed by atoms with Crippen molar-refractivity contribution < 1.29 is 8.42 Å². The van der Waals surface area contributed by atoms with Crippen LogP contribution in [-0.2, 0) is 9.84 Å². The molecule has 1 rings (SSSR count). The first-order chi connectivity index (χ1) is 6.97. The molecule has 6 heteroatoms. The lowest BCUT2D eigenvalue weighted by Crippen LogP contribution is -2.16. The van der Waals surface area contributed by atoms with Gasteiger partial charge in [0.1, 0.15) is 0 Å². The number of hydrogen-bond acceptors (Lipinski definition) is 3. The Balaban J connectivity index is 3.02. The third kappa shape index (κ3) is 3.33. The molecule has 1 atom stereocenters. The minimum atomic E-state index is -3.43. The van der Waals surface area contributed by atoms with Gasteiger partial charge in [-0.2, -0.15) is 0 Å². The van der Waals surface area contributed by atoms with Crippen molar-refractivity contribution in [3.63, 3.8) is 0 Å². The zero-order valence-corrected chi connectivity index (χ0v) is 10.5. The van der Waals surface area contributed by atoms with Gasteiger partial charge in [0.15, 0.2) is 14.9 Å². The number of rotatable bonds is 4. The number of sulfone groups is 1. The molecule has 1 aromatic heterocycles. The van der Waals surface area contributed by atoms with Crippen LogP contribution in [0.3, 0.4) is 0 Å². The van der Waals surface area contributed by atoms with Crippen LogP contribution in [0.5, 0.6) is 0 Å². The van der Waals surface area contributed by atoms with E-state index in [1.54, 1.807) is 13.0 Å². The van der Waals surface area contributed by atoms with E-state index in [0.29, 0.717) is 5.88 Å². The molecule has 0 fully saturated rings.